The van der Waals surface area contributed by atoms with Gasteiger partial charge in [0.15, 0.2) is 0 Å². The molecular formula is C21H26F2N4O2. The van der Waals surface area contributed by atoms with Crippen LogP contribution in [-0.2, 0) is 6.42 Å². The van der Waals surface area contributed by atoms with Crippen molar-refractivity contribution in [3.05, 3.63) is 59.5 Å². The van der Waals surface area contributed by atoms with Crippen molar-refractivity contribution in [1.82, 2.24) is 10.0 Å². The van der Waals surface area contributed by atoms with Gasteiger partial charge in [0.05, 0.1) is 12.1 Å². The Morgan fingerprint density at radius 2 is 1.86 bits per heavy atom. The highest BCUT2D eigenvalue weighted by Gasteiger charge is 2.18. The van der Waals surface area contributed by atoms with Crippen LogP contribution < -0.4 is 5.73 Å². The molecular weight excluding hydrogens is 378 g/mol. The van der Waals surface area contributed by atoms with E-state index in [9.17, 15) is 19.1 Å². The molecule has 0 atom stereocenters. The van der Waals surface area contributed by atoms with Crippen LogP contribution in [0.25, 0.3) is 11.1 Å². The van der Waals surface area contributed by atoms with Gasteiger partial charge in [-0.15, -0.1) is 0 Å². The first kappa shape index (κ1) is 22.3. The smallest absolute Gasteiger partial charge is 0.267 e. The molecule has 1 aromatic carbocycles. The van der Waals surface area contributed by atoms with Gasteiger partial charge in [0.1, 0.15) is 17.4 Å². The fourth-order valence-electron chi connectivity index (χ4n) is 2.46. The van der Waals surface area contributed by atoms with E-state index in [2.05, 4.69) is 4.98 Å². The number of halogens is 2. The largest absolute Gasteiger partial charge is 0.512 e. The Morgan fingerprint density at radius 3 is 2.41 bits per heavy atom. The molecule has 2 aromatic rings. The van der Waals surface area contributed by atoms with E-state index >= 15 is 0 Å². The Bertz CT molecular complexity index is 891. The summed E-state index contributed by atoms with van der Waals surface area (Å²) in [5.74, 6) is -0.384. The second kappa shape index (κ2) is 9.00. The zero-order valence-electron chi connectivity index (χ0n) is 16.7. The van der Waals surface area contributed by atoms with E-state index in [1.54, 1.807) is 32.9 Å². The lowest BCUT2D eigenvalue weighted by Crippen LogP contribution is -2.28. The lowest BCUT2D eigenvalue weighted by Gasteiger charge is -2.20. The lowest BCUT2D eigenvalue weighted by atomic mass is 9.93. The van der Waals surface area contributed by atoms with Crippen molar-refractivity contribution in [2.24, 2.45) is 5.41 Å². The third-order valence-corrected chi connectivity index (χ3v) is 4.40. The number of hydrogen-bond donors (Lipinski definition) is 4. The van der Waals surface area contributed by atoms with E-state index in [-0.39, 0.29) is 29.5 Å². The third-order valence-electron chi connectivity index (χ3n) is 4.40. The Labute approximate surface area is 168 Å². The highest BCUT2D eigenvalue weighted by atomic mass is 19.3. The van der Waals surface area contributed by atoms with E-state index < -0.39 is 11.8 Å². The average Bonchev–Trinajstić information content (AvgIpc) is 2.65. The standard InChI is InChI=1S/C21H26F2N4O2/c1-21(2,3)17(28)11-18(24)27(29)9-8-13-4-6-14(7-5-13)15-10-16(19(22)23)20(25)26-12-15/h4-7,10-12,19,24,28-29H,8-9H2,1-3H3,(H2,25,26)/b17-11-,24-18?. The van der Waals surface area contributed by atoms with Crippen LogP contribution >= 0.6 is 0 Å². The molecule has 0 unspecified atom stereocenters. The molecule has 1 heterocycles. The molecule has 5 N–H and O–H groups in total. The first-order valence-electron chi connectivity index (χ1n) is 9.08. The molecule has 0 saturated heterocycles. The number of alkyl halides is 2. The number of hydroxylamine groups is 2. The zero-order valence-corrected chi connectivity index (χ0v) is 16.7. The van der Waals surface area contributed by atoms with E-state index in [1.807, 2.05) is 12.1 Å². The van der Waals surface area contributed by atoms with Gasteiger partial charge in [0, 0.05) is 23.3 Å². The molecule has 0 fully saturated rings. The van der Waals surface area contributed by atoms with E-state index in [0.29, 0.717) is 12.0 Å². The number of hydrogen-bond acceptors (Lipinski definition) is 5. The Kier molecular flexibility index (Phi) is 6.92. The number of aliphatic hydroxyl groups is 1. The normalized spacial score (nSPS) is 12.3. The average molecular weight is 404 g/mol. The van der Waals surface area contributed by atoms with Crippen molar-refractivity contribution in [3.63, 3.8) is 0 Å². The predicted octanol–water partition coefficient (Wildman–Crippen LogP) is 4.97. The number of rotatable bonds is 6. The molecule has 1 aromatic heterocycles. The Hall–Kier alpha value is -3.00. The number of nitrogens with two attached hydrogens (primary N) is 1. The number of amidine groups is 1. The maximum absolute atomic E-state index is 13.0. The second-order valence-electron chi connectivity index (χ2n) is 7.73. The van der Waals surface area contributed by atoms with Crippen molar-refractivity contribution in [2.75, 3.05) is 12.3 Å². The maximum atomic E-state index is 13.0. The number of nitrogen functional groups attached to an aromatic ring is 1. The molecule has 2 rings (SSSR count). The number of nitrogens with one attached hydrogen (secondary N) is 1. The van der Waals surface area contributed by atoms with Crippen molar-refractivity contribution < 1.29 is 19.1 Å². The molecule has 156 valence electrons. The van der Waals surface area contributed by atoms with Crippen molar-refractivity contribution in [2.45, 2.75) is 33.6 Å². The monoisotopic (exact) mass is 404 g/mol. The fourth-order valence-corrected chi connectivity index (χ4v) is 2.46. The number of allylic oxidation sites excluding steroid dienone is 1. The van der Waals surface area contributed by atoms with Gasteiger partial charge in [0.25, 0.3) is 6.43 Å². The van der Waals surface area contributed by atoms with E-state index in [1.165, 1.54) is 18.3 Å². The van der Waals surface area contributed by atoms with Crippen molar-refractivity contribution in [3.8, 4) is 11.1 Å². The van der Waals surface area contributed by atoms with E-state index in [4.69, 9.17) is 11.1 Å². The Balaban J connectivity index is 2.03. The molecule has 0 aliphatic rings. The summed E-state index contributed by atoms with van der Waals surface area (Å²) in [6.07, 6.45) is 0.420. The summed E-state index contributed by atoms with van der Waals surface area (Å²) in [5, 5.41) is 28.5. The lowest BCUT2D eigenvalue weighted by molar-refractivity contribution is -0.0134. The van der Waals surface area contributed by atoms with Crippen molar-refractivity contribution >= 4 is 11.7 Å². The van der Waals surface area contributed by atoms with E-state index in [0.717, 1.165) is 16.2 Å². The Morgan fingerprint density at radius 1 is 1.24 bits per heavy atom. The second-order valence-corrected chi connectivity index (χ2v) is 7.73. The van der Waals surface area contributed by atoms with Crippen molar-refractivity contribution in [1.29, 1.82) is 5.41 Å². The highest BCUT2D eigenvalue weighted by molar-refractivity contribution is 5.89. The van der Waals surface area contributed by atoms with Gasteiger partial charge in [-0.25, -0.2) is 18.8 Å². The molecule has 29 heavy (non-hydrogen) atoms. The first-order valence-corrected chi connectivity index (χ1v) is 9.08. The molecule has 0 amide bonds. The van der Waals surface area contributed by atoms with Crippen LogP contribution in [0, 0.1) is 10.8 Å². The summed E-state index contributed by atoms with van der Waals surface area (Å²) < 4.78 is 26.0. The van der Waals surface area contributed by atoms with Crippen LogP contribution in [0.2, 0.25) is 0 Å². The summed E-state index contributed by atoms with van der Waals surface area (Å²) >= 11 is 0. The number of pyridine rings is 1. The van der Waals surface area contributed by atoms with Crippen LogP contribution in [0.4, 0.5) is 14.6 Å². The summed E-state index contributed by atoms with van der Waals surface area (Å²) in [6.45, 7) is 5.56. The van der Waals surface area contributed by atoms with Gasteiger partial charge in [-0.1, -0.05) is 45.0 Å². The minimum atomic E-state index is -2.70. The topological polar surface area (TPSA) is 106 Å². The van der Waals surface area contributed by atoms with Gasteiger partial charge in [-0.05, 0) is 23.6 Å². The number of aliphatic hydroxyl groups excluding tert-OH is 1. The number of anilines is 1. The fraction of sp³-hybridized carbons (Fsp3) is 0.333. The van der Waals surface area contributed by atoms with Crippen LogP contribution in [-0.4, -0.2) is 32.7 Å². The molecule has 0 aliphatic heterocycles. The molecule has 8 heteroatoms. The van der Waals surface area contributed by atoms with Gasteiger partial charge >= 0.3 is 0 Å². The first-order chi connectivity index (χ1) is 13.5. The van der Waals surface area contributed by atoms with Gasteiger partial charge < -0.3 is 10.8 Å². The molecule has 6 nitrogen and oxygen atoms in total. The predicted molar refractivity (Wildman–Crippen MR) is 109 cm³/mol. The maximum Gasteiger partial charge on any atom is 0.267 e. The van der Waals surface area contributed by atoms with Crippen LogP contribution in [0.5, 0.6) is 0 Å². The van der Waals surface area contributed by atoms with Gasteiger partial charge in [0.2, 0.25) is 0 Å². The molecule has 0 radical (unpaired) electrons. The number of nitrogens with zero attached hydrogens (tertiary/aromatic N) is 2. The molecule has 0 saturated carbocycles. The molecule has 0 bridgehead atoms. The number of benzene rings is 1. The van der Waals surface area contributed by atoms with Crippen LogP contribution in [0.3, 0.4) is 0 Å². The minimum Gasteiger partial charge on any atom is -0.512 e. The number of aromatic nitrogens is 1. The zero-order chi connectivity index (χ0) is 21.8. The summed E-state index contributed by atoms with van der Waals surface area (Å²) in [6, 6.07) is 8.50. The minimum absolute atomic E-state index is 0.00572. The third kappa shape index (κ3) is 5.99. The van der Waals surface area contributed by atoms with Crippen LogP contribution in [0.1, 0.15) is 38.3 Å². The summed E-state index contributed by atoms with van der Waals surface area (Å²) in [7, 11) is 0. The van der Waals surface area contributed by atoms with Gasteiger partial charge in [-0.2, -0.15) is 0 Å². The quantitative estimate of drug-likeness (QED) is 0.235. The van der Waals surface area contributed by atoms with Crippen LogP contribution in [0.15, 0.2) is 48.4 Å². The molecule has 0 aliphatic carbocycles. The summed E-state index contributed by atoms with van der Waals surface area (Å²) in [4.78, 5) is 3.83. The molecule has 0 spiro atoms. The highest BCUT2D eigenvalue weighted by Crippen LogP contribution is 2.28. The van der Waals surface area contributed by atoms with Gasteiger partial charge in [-0.3, -0.25) is 10.6 Å². The SMILES string of the molecule is CC(C)(C)/C(O)=C/C(=N)N(O)CCc1ccc(-c2cnc(N)c(C(F)F)c2)cc1. The summed E-state index contributed by atoms with van der Waals surface area (Å²) in [5.41, 5.74) is 6.82.